The highest BCUT2D eigenvalue weighted by Gasteiger charge is 2.27. The van der Waals surface area contributed by atoms with E-state index in [-0.39, 0.29) is 0 Å². The van der Waals surface area contributed by atoms with Crippen molar-refractivity contribution in [2.24, 2.45) is 11.8 Å². The summed E-state index contributed by atoms with van der Waals surface area (Å²) < 4.78 is 5.85. The molecule has 22 heavy (non-hydrogen) atoms. The maximum atomic E-state index is 9.33. The molecule has 0 amide bonds. The van der Waals surface area contributed by atoms with Crippen LogP contribution in [-0.4, -0.2) is 18.1 Å². The number of anilines is 1. The summed E-state index contributed by atoms with van der Waals surface area (Å²) in [4.78, 5) is 7.60. The van der Waals surface area contributed by atoms with Crippen molar-refractivity contribution in [2.75, 3.05) is 18.0 Å². The summed E-state index contributed by atoms with van der Waals surface area (Å²) in [6.45, 7) is 6.32. The molecular weight excluding hydrogens is 294 g/mol. The van der Waals surface area contributed by atoms with Gasteiger partial charge in [-0.2, -0.15) is 10.2 Å². The first-order valence-electron chi connectivity index (χ1n) is 7.53. The lowest BCUT2D eigenvalue weighted by molar-refractivity contribution is 0.342. The molecule has 2 aromatic heterocycles. The predicted molar refractivity (Wildman–Crippen MR) is 89.6 cm³/mol. The number of aromatic nitrogens is 1. The Morgan fingerprint density at radius 3 is 2.77 bits per heavy atom. The minimum absolute atomic E-state index is 0.382. The van der Waals surface area contributed by atoms with Crippen LogP contribution in [0.4, 0.5) is 5.88 Å². The summed E-state index contributed by atoms with van der Waals surface area (Å²) >= 11 is 1.66. The van der Waals surface area contributed by atoms with Gasteiger partial charge in [0.05, 0.1) is 0 Å². The summed E-state index contributed by atoms with van der Waals surface area (Å²) in [7, 11) is 0. The fourth-order valence-electron chi connectivity index (χ4n) is 3.05. The number of rotatable bonds is 3. The fraction of sp³-hybridized carbons (Fsp3) is 0.412. The molecule has 0 radical (unpaired) electrons. The van der Waals surface area contributed by atoms with E-state index in [9.17, 15) is 5.26 Å². The third-order valence-corrected chi connectivity index (χ3v) is 4.66. The highest BCUT2D eigenvalue weighted by molar-refractivity contribution is 7.10. The van der Waals surface area contributed by atoms with E-state index in [4.69, 9.17) is 4.42 Å². The van der Waals surface area contributed by atoms with Crippen molar-refractivity contribution in [2.45, 2.75) is 20.3 Å². The van der Waals surface area contributed by atoms with Gasteiger partial charge in [-0.05, 0) is 35.8 Å². The lowest BCUT2D eigenvalue weighted by atomic mass is 9.92. The number of hydrogen-bond acceptors (Lipinski definition) is 5. The molecule has 1 saturated heterocycles. The molecule has 0 saturated carbocycles. The summed E-state index contributed by atoms with van der Waals surface area (Å²) in [5.74, 6) is 2.31. The van der Waals surface area contributed by atoms with Crippen molar-refractivity contribution < 1.29 is 4.42 Å². The number of piperidine rings is 1. The van der Waals surface area contributed by atoms with Crippen molar-refractivity contribution in [1.29, 1.82) is 5.26 Å². The van der Waals surface area contributed by atoms with Crippen LogP contribution in [0.5, 0.6) is 0 Å². The van der Waals surface area contributed by atoms with Gasteiger partial charge in [0, 0.05) is 24.0 Å². The zero-order valence-electron chi connectivity index (χ0n) is 12.8. The number of hydrogen-bond donors (Lipinski definition) is 0. The van der Waals surface area contributed by atoms with Gasteiger partial charge in [-0.1, -0.05) is 19.9 Å². The molecule has 0 aromatic carbocycles. The average Bonchev–Trinajstić information content (AvgIpc) is 3.13. The summed E-state index contributed by atoms with van der Waals surface area (Å²) in [5, 5.41) is 11.4. The minimum atomic E-state index is 0.382. The Kier molecular flexibility index (Phi) is 4.30. The molecule has 0 N–H and O–H groups in total. The van der Waals surface area contributed by atoms with Crippen molar-refractivity contribution in [3.63, 3.8) is 0 Å². The number of nitriles is 1. The molecule has 0 bridgehead atoms. The van der Waals surface area contributed by atoms with E-state index >= 15 is 0 Å². The van der Waals surface area contributed by atoms with Crippen LogP contribution in [0.3, 0.4) is 0 Å². The van der Waals surface area contributed by atoms with Crippen LogP contribution < -0.4 is 4.90 Å². The Balaban J connectivity index is 1.84. The average molecular weight is 313 g/mol. The molecule has 1 aliphatic heterocycles. The first-order valence-corrected chi connectivity index (χ1v) is 8.41. The molecular formula is C17H19N3OS. The Labute approximate surface area is 134 Å². The molecule has 5 heteroatoms. The van der Waals surface area contributed by atoms with Crippen LogP contribution in [0, 0.1) is 23.2 Å². The molecule has 4 nitrogen and oxygen atoms in total. The van der Waals surface area contributed by atoms with E-state index in [0.29, 0.717) is 29.3 Å². The topological polar surface area (TPSA) is 53.1 Å². The molecule has 3 heterocycles. The van der Waals surface area contributed by atoms with E-state index in [2.05, 4.69) is 29.8 Å². The second kappa shape index (κ2) is 6.37. The normalized spacial score (nSPS) is 22.1. The van der Waals surface area contributed by atoms with E-state index in [1.807, 2.05) is 29.7 Å². The van der Waals surface area contributed by atoms with Gasteiger partial charge < -0.3 is 9.32 Å². The zero-order chi connectivity index (χ0) is 15.5. The van der Waals surface area contributed by atoms with E-state index in [0.717, 1.165) is 18.0 Å². The SMILES string of the molecule is C[C@H]1C[C@H](C)CN(c2oc(/C=C/c3cccs3)nc2C#N)C1. The Morgan fingerprint density at radius 1 is 1.36 bits per heavy atom. The zero-order valence-corrected chi connectivity index (χ0v) is 13.6. The smallest absolute Gasteiger partial charge is 0.235 e. The molecule has 0 spiro atoms. The molecule has 2 atom stereocenters. The van der Waals surface area contributed by atoms with Crippen LogP contribution in [0.2, 0.25) is 0 Å². The van der Waals surface area contributed by atoms with Gasteiger partial charge in [-0.25, -0.2) is 0 Å². The second-order valence-corrected chi connectivity index (χ2v) is 7.00. The molecule has 114 valence electrons. The summed E-state index contributed by atoms with van der Waals surface area (Å²) in [6, 6.07) is 6.19. The third kappa shape index (κ3) is 3.23. The predicted octanol–water partition coefficient (Wildman–Crippen LogP) is 4.26. The quantitative estimate of drug-likeness (QED) is 0.849. The number of thiophene rings is 1. The van der Waals surface area contributed by atoms with Gasteiger partial charge in [0.2, 0.25) is 17.5 Å². The second-order valence-electron chi connectivity index (χ2n) is 6.02. The van der Waals surface area contributed by atoms with E-state index < -0.39 is 0 Å². The fourth-order valence-corrected chi connectivity index (χ4v) is 3.67. The van der Waals surface area contributed by atoms with Crippen LogP contribution in [0.25, 0.3) is 12.2 Å². The highest BCUT2D eigenvalue weighted by atomic mass is 32.1. The summed E-state index contributed by atoms with van der Waals surface area (Å²) in [6.07, 6.45) is 5.01. The maximum absolute atomic E-state index is 9.33. The largest absolute Gasteiger partial charge is 0.420 e. The van der Waals surface area contributed by atoms with Crippen molar-refractivity contribution in [3.05, 3.63) is 34.0 Å². The van der Waals surface area contributed by atoms with Crippen LogP contribution in [-0.2, 0) is 0 Å². The van der Waals surface area contributed by atoms with Gasteiger partial charge >= 0.3 is 0 Å². The van der Waals surface area contributed by atoms with Gasteiger partial charge in [-0.15, -0.1) is 11.3 Å². The standard InChI is InChI=1S/C17H19N3OS/c1-12-8-13(2)11-20(10-12)17-15(9-18)19-16(21-17)6-5-14-4-3-7-22-14/h3-7,12-13H,8,10-11H2,1-2H3/b6-5+/t12-,13-/m0/s1. The van der Waals surface area contributed by atoms with Gasteiger partial charge in [0.1, 0.15) is 6.07 Å². The molecule has 3 rings (SSSR count). The molecule has 1 fully saturated rings. The van der Waals surface area contributed by atoms with Gasteiger partial charge in [-0.3, -0.25) is 0 Å². The maximum Gasteiger partial charge on any atom is 0.235 e. The van der Waals surface area contributed by atoms with Crippen molar-refractivity contribution >= 4 is 29.4 Å². The molecule has 1 aliphatic rings. The van der Waals surface area contributed by atoms with E-state index in [1.54, 1.807) is 11.3 Å². The lowest BCUT2D eigenvalue weighted by Gasteiger charge is -2.34. The van der Waals surface area contributed by atoms with Gasteiger partial charge in [0.25, 0.3) is 0 Å². The van der Waals surface area contributed by atoms with Crippen molar-refractivity contribution in [1.82, 2.24) is 4.98 Å². The highest BCUT2D eigenvalue weighted by Crippen LogP contribution is 2.29. The van der Waals surface area contributed by atoms with Crippen molar-refractivity contribution in [3.8, 4) is 6.07 Å². The number of oxazole rings is 1. The first kappa shape index (κ1) is 14.9. The minimum Gasteiger partial charge on any atom is -0.420 e. The van der Waals surface area contributed by atoms with E-state index in [1.165, 1.54) is 6.42 Å². The molecule has 2 aromatic rings. The Bertz CT molecular complexity index is 686. The van der Waals surface area contributed by atoms with Crippen LogP contribution >= 0.6 is 11.3 Å². The van der Waals surface area contributed by atoms with Gasteiger partial charge in [0.15, 0.2) is 0 Å². The Morgan fingerprint density at radius 2 is 2.14 bits per heavy atom. The Hall–Kier alpha value is -2.06. The van der Waals surface area contributed by atoms with Crippen LogP contribution in [0.15, 0.2) is 21.9 Å². The lowest BCUT2D eigenvalue weighted by Crippen LogP contribution is -2.38. The molecule has 0 aliphatic carbocycles. The first-order chi connectivity index (χ1) is 10.7. The third-order valence-electron chi connectivity index (χ3n) is 3.82. The number of nitrogens with zero attached hydrogens (tertiary/aromatic N) is 3. The monoisotopic (exact) mass is 313 g/mol. The summed E-state index contributed by atoms with van der Waals surface area (Å²) in [5.41, 5.74) is 0.382. The van der Waals surface area contributed by atoms with Crippen LogP contribution in [0.1, 0.15) is 36.7 Å². The molecule has 0 unspecified atom stereocenters.